The van der Waals surface area contributed by atoms with E-state index < -0.39 is 13.4 Å². The molecule has 0 aliphatic heterocycles. The molecule has 1 atom stereocenters. The van der Waals surface area contributed by atoms with Crippen molar-refractivity contribution in [2.45, 2.75) is 31.6 Å². The van der Waals surface area contributed by atoms with Crippen molar-refractivity contribution in [1.82, 2.24) is 0 Å². The maximum Gasteiger partial charge on any atom is 0.250 e. The topological polar surface area (TPSA) is 0 Å². The lowest BCUT2D eigenvalue weighted by molar-refractivity contribution is 1.03. The highest BCUT2D eigenvalue weighted by atomic mass is 35.7. The number of rotatable bonds is 3. The molecule has 0 nitrogen and oxygen atoms in total. The van der Waals surface area contributed by atoms with Gasteiger partial charge in [-0.2, -0.15) is 0 Å². The molecule has 0 aromatic rings. The maximum absolute atomic E-state index is 6.00. The van der Waals surface area contributed by atoms with E-state index in [4.69, 9.17) is 44.3 Å². The lowest BCUT2D eigenvalue weighted by Gasteiger charge is -2.23. The van der Waals surface area contributed by atoms with Crippen LogP contribution in [0.3, 0.4) is 0 Å². The lowest BCUT2D eigenvalue weighted by Crippen LogP contribution is -2.26. The smallest absolute Gasteiger partial charge is 0.146 e. The molecule has 0 saturated carbocycles. The molecule has 0 aliphatic carbocycles. The fraction of sp³-hybridized carbons (Fsp3) is 1.00. The van der Waals surface area contributed by atoms with Crippen molar-refractivity contribution < 1.29 is 0 Å². The second kappa shape index (κ2) is 4.20. The summed E-state index contributed by atoms with van der Waals surface area (Å²) >= 11 is 23.9. The Hall–Kier alpha value is 1.59. The molecule has 0 aliphatic rings. The standard InChI is InChI=1S/C5H12Cl4Si2/c1-5(11(3,8)9)4-10(2,6)7/h5H,4H2,1-3H3. The first kappa shape index (κ1) is 12.6. The van der Waals surface area contributed by atoms with Gasteiger partial charge in [0, 0.05) is 0 Å². The van der Waals surface area contributed by atoms with Crippen LogP contribution in [-0.2, 0) is 0 Å². The molecular formula is C5H12Cl4Si2. The second-order valence-electron chi connectivity index (χ2n) is 3.13. The van der Waals surface area contributed by atoms with Gasteiger partial charge in [0.1, 0.15) is 0 Å². The summed E-state index contributed by atoms with van der Waals surface area (Å²) in [4.78, 5) is 0. The molecule has 0 N–H and O–H groups in total. The average Bonchev–Trinajstić information content (AvgIpc) is 1.56. The number of hydrogen-bond donors (Lipinski definition) is 0. The summed E-state index contributed by atoms with van der Waals surface area (Å²) < 4.78 is 0. The summed E-state index contributed by atoms with van der Waals surface area (Å²) in [5.74, 6) is 0. The second-order valence-corrected chi connectivity index (χ2v) is 19.5. The van der Waals surface area contributed by atoms with E-state index in [1.165, 1.54) is 0 Å². The van der Waals surface area contributed by atoms with Crippen LogP contribution in [0, 0.1) is 0 Å². The minimum atomic E-state index is -2.06. The normalized spacial score (nSPS) is 16.6. The third kappa shape index (κ3) is 6.73. The summed E-state index contributed by atoms with van der Waals surface area (Å²) in [6.45, 7) is 1.72. The predicted octanol–water partition coefficient (Wildman–Crippen LogP) is 4.48. The van der Waals surface area contributed by atoms with Gasteiger partial charge in [0.15, 0.2) is 0 Å². The van der Waals surface area contributed by atoms with Crippen molar-refractivity contribution in [3.63, 3.8) is 0 Å². The molecule has 0 amide bonds. The SMILES string of the molecule is CC(C[Si](C)(Cl)Cl)[Si](C)(Cl)Cl. The number of halogens is 4. The first-order valence-electron chi connectivity index (χ1n) is 3.38. The first-order valence-corrected chi connectivity index (χ1v) is 12.7. The molecule has 0 spiro atoms. The Morgan fingerprint density at radius 2 is 1.45 bits per heavy atom. The molecular weight excluding hydrogens is 258 g/mol. The van der Waals surface area contributed by atoms with E-state index >= 15 is 0 Å². The van der Waals surface area contributed by atoms with E-state index in [1.54, 1.807) is 0 Å². The van der Waals surface area contributed by atoms with Gasteiger partial charge in [0.05, 0.1) is 0 Å². The van der Waals surface area contributed by atoms with Crippen molar-refractivity contribution in [2.75, 3.05) is 0 Å². The Balaban J connectivity index is 3.99. The summed E-state index contributed by atoms with van der Waals surface area (Å²) in [6.07, 6.45) is 0. The molecule has 6 heteroatoms. The monoisotopic (exact) mass is 268 g/mol. The molecule has 1 unspecified atom stereocenters. The van der Waals surface area contributed by atoms with Crippen LogP contribution in [0.4, 0.5) is 0 Å². The van der Waals surface area contributed by atoms with Gasteiger partial charge in [-0.25, -0.2) is 0 Å². The van der Waals surface area contributed by atoms with Gasteiger partial charge in [0.25, 0.3) is 6.69 Å². The molecule has 0 aromatic carbocycles. The summed E-state index contributed by atoms with van der Waals surface area (Å²) in [7, 11) is 0. The molecule has 0 rings (SSSR count). The summed E-state index contributed by atoms with van der Waals surface area (Å²) in [6, 6.07) is 0.784. The van der Waals surface area contributed by atoms with Gasteiger partial charge in [-0.05, 0) is 24.7 Å². The Morgan fingerprint density at radius 3 is 1.55 bits per heavy atom. The van der Waals surface area contributed by atoms with Crippen molar-refractivity contribution >= 4 is 57.7 Å². The lowest BCUT2D eigenvalue weighted by atomic mass is 10.6. The Labute approximate surface area is 89.0 Å². The van der Waals surface area contributed by atoms with E-state index in [0.29, 0.717) is 0 Å². The Morgan fingerprint density at radius 1 is 1.09 bits per heavy atom. The van der Waals surface area contributed by atoms with Crippen molar-refractivity contribution in [3.05, 3.63) is 0 Å². The van der Waals surface area contributed by atoms with Gasteiger partial charge in [-0.1, -0.05) is 6.92 Å². The average molecular weight is 270 g/mol. The summed E-state index contributed by atoms with van der Waals surface area (Å²) in [5.41, 5.74) is 0.275. The van der Waals surface area contributed by atoms with Crippen molar-refractivity contribution in [2.24, 2.45) is 0 Å². The van der Waals surface area contributed by atoms with Crippen LogP contribution in [0.5, 0.6) is 0 Å². The van der Waals surface area contributed by atoms with Crippen LogP contribution in [0.15, 0.2) is 0 Å². The molecule has 11 heavy (non-hydrogen) atoms. The van der Waals surface area contributed by atoms with Crippen molar-refractivity contribution in [3.8, 4) is 0 Å². The third-order valence-corrected chi connectivity index (χ3v) is 8.36. The molecule has 0 bridgehead atoms. The van der Waals surface area contributed by atoms with Gasteiger partial charge in [0.2, 0.25) is 6.69 Å². The maximum atomic E-state index is 6.00. The fourth-order valence-electron chi connectivity index (χ4n) is 0.717. The van der Waals surface area contributed by atoms with Crippen LogP contribution in [0.2, 0.25) is 24.7 Å². The minimum absolute atomic E-state index is 0.275. The minimum Gasteiger partial charge on any atom is -0.146 e. The Kier molecular flexibility index (Phi) is 4.81. The van der Waals surface area contributed by atoms with Gasteiger partial charge >= 0.3 is 0 Å². The zero-order valence-corrected chi connectivity index (χ0v) is 11.8. The third-order valence-electron chi connectivity index (χ3n) is 1.53. The van der Waals surface area contributed by atoms with Crippen molar-refractivity contribution in [1.29, 1.82) is 0 Å². The van der Waals surface area contributed by atoms with Crippen LogP contribution in [0.1, 0.15) is 6.92 Å². The predicted molar refractivity (Wildman–Crippen MR) is 60.9 cm³/mol. The van der Waals surface area contributed by atoms with E-state index in [9.17, 15) is 0 Å². The molecule has 0 radical (unpaired) electrons. The van der Waals surface area contributed by atoms with Gasteiger partial charge in [-0.15, -0.1) is 44.3 Å². The summed E-state index contributed by atoms with van der Waals surface area (Å²) in [5, 5.41) is 0. The van der Waals surface area contributed by atoms with Crippen LogP contribution < -0.4 is 0 Å². The van der Waals surface area contributed by atoms with Crippen LogP contribution >= 0.6 is 44.3 Å². The molecule has 0 aromatic heterocycles. The Bertz CT molecular complexity index is 125. The molecule has 0 fully saturated rings. The van der Waals surface area contributed by atoms with E-state index in [-0.39, 0.29) is 5.54 Å². The highest BCUT2D eigenvalue weighted by Gasteiger charge is 2.35. The highest BCUT2D eigenvalue weighted by molar-refractivity contribution is 7.48. The highest BCUT2D eigenvalue weighted by Crippen LogP contribution is 2.38. The van der Waals surface area contributed by atoms with Crippen LogP contribution in [-0.4, -0.2) is 13.4 Å². The quantitative estimate of drug-likeness (QED) is 0.524. The van der Waals surface area contributed by atoms with Gasteiger partial charge < -0.3 is 0 Å². The molecule has 68 valence electrons. The largest absolute Gasteiger partial charge is 0.250 e. The fourth-order valence-corrected chi connectivity index (χ4v) is 8.00. The van der Waals surface area contributed by atoms with Crippen LogP contribution in [0.25, 0.3) is 0 Å². The number of hydrogen-bond acceptors (Lipinski definition) is 0. The first-order chi connectivity index (χ1) is 4.63. The van der Waals surface area contributed by atoms with Gasteiger partial charge in [-0.3, -0.25) is 0 Å². The zero-order valence-electron chi connectivity index (χ0n) is 6.80. The van der Waals surface area contributed by atoms with E-state index in [0.717, 1.165) is 6.04 Å². The molecule has 0 saturated heterocycles. The van der Waals surface area contributed by atoms with E-state index in [1.807, 2.05) is 20.0 Å². The zero-order chi connectivity index (χ0) is 9.28. The van der Waals surface area contributed by atoms with E-state index in [2.05, 4.69) is 0 Å². The molecule has 0 heterocycles.